The summed E-state index contributed by atoms with van der Waals surface area (Å²) in [5.41, 5.74) is -1.68. The first-order valence-electron chi connectivity index (χ1n) is 13.9. The lowest BCUT2D eigenvalue weighted by Gasteiger charge is -2.58. The Morgan fingerprint density at radius 1 is 1.23 bits per heavy atom. The molecule has 2 aliphatic heterocycles. The molecule has 5 fully saturated rings. The number of allylic oxidation sites excluding steroid dienone is 1. The van der Waals surface area contributed by atoms with Gasteiger partial charge in [0.1, 0.15) is 11.7 Å². The van der Waals surface area contributed by atoms with E-state index in [1.165, 1.54) is 0 Å². The molecule has 1 N–H and O–H groups in total. The minimum atomic E-state index is -1.19. The summed E-state index contributed by atoms with van der Waals surface area (Å²) >= 11 is 0. The molecule has 194 valence electrons. The second-order valence-corrected chi connectivity index (χ2v) is 13.2. The van der Waals surface area contributed by atoms with E-state index in [0.29, 0.717) is 43.1 Å². The van der Waals surface area contributed by atoms with Gasteiger partial charge in [-0.1, -0.05) is 45.8 Å². The minimum Gasteiger partial charge on any atom is -0.481 e. The normalized spacial score (nSPS) is 54.0. The summed E-state index contributed by atoms with van der Waals surface area (Å²) in [5, 5.41) is 11.1. The van der Waals surface area contributed by atoms with E-state index in [1.54, 1.807) is 0 Å². The number of ether oxygens (including phenoxy) is 3. The maximum absolute atomic E-state index is 13.5. The molecule has 2 unspecified atom stereocenters. The lowest BCUT2D eigenvalue weighted by Crippen LogP contribution is -2.63. The van der Waals surface area contributed by atoms with Crippen molar-refractivity contribution in [2.45, 2.75) is 85.2 Å². The fourth-order valence-electron chi connectivity index (χ4n) is 10.4. The van der Waals surface area contributed by atoms with Crippen LogP contribution < -0.4 is 0 Å². The second-order valence-electron chi connectivity index (χ2n) is 13.2. The molecule has 0 spiro atoms. The molecule has 4 bridgehead atoms. The Kier molecular flexibility index (Phi) is 5.43. The average Bonchev–Trinajstić information content (AvgIpc) is 3.50. The van der Waals surface area contributed by atoms with Gasteiger partial charge in [-0.25, -0.2) is 0 Å². The number of hydrogen-bond donors (Lipinski definition) is 1. The van der Waals surface area contributed by atoms with Crippen molar-refractivity contribution in [3.8, 4) is 0 Å². The average molecular weight is 487 g/mol. The molecule has 4 aliphatic carbocycles. The highest BCUT2D eigenvalue weighted by molar-refractivity contribution is 5.90. The zero-order valence-corrected chi connectivity index (χ0v) is 21.9. The summed E-state index contributed by atoms with van der Waals surface area (Å²) in [5.74, 6) is 1.18. The van der Waals surface area contributed by atoms with Crippen LogP contribution in [0.4, 0.5) is 0 Å². The molecule has 6 rings (SSSR count). The molecule has 3 saturated carbocycles. The Bertz CT molecular complexity index is 943. The van der Waals surface area contributed by atoms with Gasteiger partial charge in [-0.15, -0.1) is 0 Å². The molecule has 0 aromatic rings. The molecule has 0 radical (unpaired) electrons. The van der Waals surface area contributed by atoms with Gasteiger partial charge in [-0.05, 0) is 61.7 Å². The Balaban J connectivity index is 1.38. The van der Waals surface area contributed by atoms with Crippen molar-refractivity contribution >= 4 is 12.3 Å². The van der Waals surface area contributed by atoms with Gasteiger partial charge in [0.25, 0.3) is 0 Å². The second kappa shape index (κ2) is 7.88. The maximum Gasteiger partial charge on any atom is 0.315 e. The topological polar surface area (TPSA) is 82.1 Å². The van der Waals surface area contributed by atoms with E-state index in [0.717, 1.165) is 37.7 Å². The van der Waals surface area contributed by atoms with Crippen LogP contribution in [0.1, 0.15) is 66.7 Å². The number of carbonyl (C=O) groups excluding carboxylic acids is 1. The number of hydrogen-bond acceptors (Lipinski definition) is 5. The summed E-state index contributed by atoms with van der Waals surface area (Å²) in [6.45, 7) is 11.9. The van der Waals surface area contributed by atoms with Crippen molar-refractivity contribution in [2.24, 2.45) is 57.7 Å². The minimum absolute atomic E-state index is 0.0477. The van der Waals surface area contributed by atoms with Gasteiger partial charge in [-0.3, -0.25) is 4.79 Å². The molecule has 6 aliphatic rings. The third-order valence-corrected chi connectivity index (χ3v) is 11.6. The van der Waals surface area contributed by atoms with E-state index in [1.807, 2.05) is 0 Å². The third kappa shape index (κ3) is 2.77. The number of carbonyl (C=O) groups is 2. The van der Waals surface area contributed by atoms with Crippen molar-refractivity contribution in [3.63, 3.8) is 0 Å². The number of aldehydes is 1. The quantitative estimate of drug-likeness (QED) is 0.432. The molecule has 0 aromatic heterocycles. The first-order valence-corrected chi connectivity index (χ1v) is 13.9. The SMILES string of the molecule is CC(C)C1=C[C@@H]2C[C@]3(C=O)[C@@H]4CC[C@@H](C)[C@H]4CC2(CO[C@H]2C[C@@H]4OC[C@H](C)[C@@H]4[C@@H](C)O2)C13C(=O)O. The Hall–Kier alpha value is -1.24. The van der Waals surface area contributed by atoms with Crippen LogP contribution in [-0.2, 0) is 23.8 Å². The molecule has 0 amide bonds. The molecule has 2 saturated heterocycles. The fraction of sp³-hybridized carbons (Fsp3) is 0.862. The Labute approximate surface area is 209 Å². The van der Waals surface area contributed by atoms with Crippen LogP contribution in [0.15, 0.2) is 11.6 Å². The number of fused-ring (bicyclic) bond motifs is 3. The van der Waals surface area contributed by atoms with E-state index in [2.05, 4.69) is 40.7 Å². The first-order chi connectivity index (χ1) is 16.6. The highest BCUT2D eigenvalue weighted by Crippen LogP contribution is 2.82. The lowest BCUT2D eigenvalue weighted by atomic mass is 9.43. The van der Waals surface area contributed by atoms with Crippen molar-refractivity contribution in [1.29, 1.82) is 0 Å². The Morgan fingerprint density at radius 2 is 2.00 bits per heavy atom. The van der Waals surface area contributed by atoms with Crippen LogP contribution in [-0.4, -0.2) is 49.1 Å². The molecule has 2 heterocycles. The molecular weight excluding hydrogens is 444 g/mol. The van der Waals surface area contributed by atoms with Gasteiger partial charge in [0, 0.05) is 24.4 Å². The van der Waals surface area contributed by atoms with Crippen molar-refractivity contribution in [1.82, 2.24) is 0 Å². The number of rotatable bonds is 6. The lowest BCUT2D eigenvalue weighted by molar-refractivity contribution is -0.249. The summed E-state index contributed by atoms with van der Waals surface area (Å²) in [6, 6.07) is 0. The molecule has 6 nitrogen and oxygen atoms in total. The van der Waals surface area contributed by atoms with Crippen LogP contribution in [0.2, 0.25) is 0 Å². The van der Waals surface area contributed by atoms with Gasteiger partial charge in [0.05, 0.1) is 24.2 Å². The Morgan fingerprint density at radius 3 is 2.69 bits per heavy atom. The standard InChI is InChI=1S/C29H42O6/c1-15(2)22-8-19-10-27(13-30)21-7-6-16(3)20(21)11-28(19,29(22,27)26(31)32)14-34-24-9-23-25(18(5)35-24)17(4)12-33-23/h8,13,15-21,23-25H,6-7,9-12,14H2,1-5H3,(H,31,32)/t16-,17+,18-,19-,20-,21-,23+,24-,25-,27+,28?,29?/m1/s1. The summed E-state index contributed by atoms with van der Waals surface area (Å²) in [7, 11) is 0. The van der Waals surface area contributed by atoms with Gasteiger partial charge < -0.3 is 24.1 Å². The van der Waals surface area contributed by atoms with E-state index < -0.39 is 28.5 Å². The third-order valence-electron chi connectivity index (χ3n) is 11.6. The largest absolute Gasteiger partial charge is 0.481 e. The van der Waals surface area contributed by atoms with E-state index in [4.69, 9.17) is 14.2 Å². The summed E-state index contributed by atoms with van der Waals surface area (Å²) < 4.78 is 19.0. The van der Waals surface area contributed by atoms with Crippen LogP contribution in [0, 0.1) is 57.7 Å². The van der Waals surface area contributed by atoms with Crippen molar-refractivity contribution in [2.75, 3.05) is 13.2 Å². The number of aliphatic carboxylic acids is 1. The van der Waals surface area contributed by atoms with Crippen LogP contribution in [0.3, 0.4) is 0 Å². The smallest absolute Gasteiger partial charge is 0.315 e. The molecular formula is C29H42O6. The summed E-state index contributed by atoms with van der Waals surface area (Å²) in [4.78, 5) is 26.7. The first kappa shape index (κ1) is 24.1. The van der Waals surface area contributed by atoms with Crippen molar-refractivity contribution < 1.29 is 28.9 Å². The van der Waals surface area contributed by atoms with Gasteiger partial charge >= 0.3 is 5.97 Å². The zero-order valence-electron chi connectivity index (χ0n) is 21.9. The van der Waals surface area contributed by atoms with E-state index >= 15 is 0 Å². The predicted molar refractivity (Wildman–Crippen MR) is 129 cm³/mol. The molecule has 6 heteroatoms. The molecule has 35 heavy (non-hydrogen) atoms. The highest BCUT2D eigenvalue weighted by Gasteiger charge is 2.84. The van der Waals surface area contributed by atoms with E-state index in [-0.39, 0.29) is 30.0 Å². The number of carboxylic acids is 1. The highest BCUT2D eigenvalue weighted by atomic mass is 16.7. The zero-order chi connectivity index (χ0) is 24.9. The van der Waals surface area contributed by atoms with Crippen molar-refractivity contribution in [3.05, 3.63) is 11.6 Å². The fourth-order valence-corrected chi connectivity index (χ4v) is 10.4. The van der Waals surface area contributed by atoms with Gasteiger partial charge in [-0.2, -0.15) is 0 Å². The molecule has 12 atom stereocenters. The van der Waals surface area contributed by atoms with Crippen LogP contribution in [0.5, 0.6) is 0 Å². The maximum atomic E-state index is 13.5. The monoisotopic (exact) mass is 486 g/mol. The summed E-state index contributed by atoms with van der Waals surface area (Å²) in [6.07, 6.45) is 7.27. The van der Waals surface area contributed by atoms with E-state index in [9.17, 15) is 14.7 Å². The molecule has 0 aromatic carbocycles. The number of carboxylic acid groups (broad SMARTS) is 1. The predicted octanol–water partition coefficient (Wildman–Crippen LogP) is 4.71. The van der Waals surface area contributed by atoms with Crippen LogP contribution in [0.25, 0.3) is 0 Å². The van der Waals surface area contributed by atoms with Gasteiger partial charge in [0.15, 0.2) is 6.29 Å². The van der Waals surface area contributed by atoms with Gasteiger partial charge in [0.2, 0.25) is 0 Å². The van der Waals surface area contributed by atoms with Crippen LogP contribution >= 0.6 is 0 Å².